The van der Waals surface area contributed by atoms with E-state index in [1.807, 2.05) is 0 Å². The first kappa shape index (κ1) is 13.3. The molecule has 2 fully saturated rings. The van der Waals surface area contributed by atoms with Gasteiger partial charge in [0.05, 0.1) is 0 Å². The van der Waals surface area contributed by atoms with Crippen LogP contribution in [0.25, 0.3) is 0 Å². The van der Waals surface area contributed by atoms with Crippen LogP contribution in [0.15, 0.2) is 0 Å². The van der Waals surface area contributed by atoms with Crippen LogP contribution in [-0.4, -0.2) is 55.1 Å². The zero-order valence-electron chi connectivity index (χ0n) is 11.6. The van der Waals surface area contributed by atoms with Gasteiger partial charge >= 0.3 is 0 Å². The first-order valence-corrected chi connectivity index (χ1v) is 7.34. The average molecular weight is 239 g/mol. The molecule has 3 nitrogen and oxygen atoms in total. The molecule has 2 unspecified atom stereocenters. The smallest absolute Gasteiger partial charge is 0.0458 e. The molecule has 2 aliphatic heterocycles. The van der Waals surface area contributed by atoms with Crippen molar-refractivity contribution in [2.45, 2.75) is 44.6 Å². The molecule has 3 heteroatoms. The van der Waals surface area contributed by atoms with Crippen LogP contribution in [-0.2, 0) is 0 Å². The van der Waals surface area contributed by atoms with Gasteiger partial charge in [-0.2, -0.15) is 0 Å². The Labute approximate surface area is 106 Å². The molecule has 0 aliphatic carbocycles. The van der Waals surface area contributed by atoms with Gasteiger partial charge in [-0.3, -0.25) is 4.90 Å². The Morgan fingerprint density at radius 2 is 2.12 bits per heavy atom. The van der Waals surface area contributed by atoms with E-state index in [1.165, 1.54) is 58.3 Å². The molecule has 2 heterocycles. The molecule has 2 aliphatic rings. The summed E-state index contributed by atoms with van der Waals surface area (Å²) in [5.41, 5.74) is 6.43. The summed E-state index contributed by atoms with van der Waals surface area (Å²) in [6.07, 6.45) is 6.71. The van der Waals surface area contributed by atoms with E-state index in [1.54, 1.807) is 0 Å². The van der Waals surface area contributed by atoms with Crippen molar-refractivity contribution in [3.8, 4) is 0 Å². The number of hydrogen-bond donors (Lipinski definition) is 1. The molecule has 2 N–H and O–H groups in total. The number of nitrogens with zero attached hydrogens (tertiary/aromatic N) is 2. The molecule has 0 radical (unpaired) electrons. The van der Waals surface area contributed by atoms with Gasteiger partial charge in [0.2, 0.25) is 0 Å². The van der Waals surface area contributed by atoms with E-state index in [9.17, 15) is 0 Å². The third-order valence-corrected chi connectivity index (χ3v) is 4.89. The summed E-state index contributed by atoms with van der Waals surface area (Å²) in [7, 11) is 2.24. The SMILES string of the molecule is CCC1CCCN(C2(CN)CCCN(C)C2)C1. The van der Waals surface area contributed by atoms with Gasteiger partial charge in [-0.25, -0.2) is 0 Å². The Kier molecular flexibility index (Phi) is 4.45. The Morgan fingerprint density at radius 1 is 1.29 bits per heavy atom. The predicted octanol–water partition coefficient (Wildman–Crippen LogP) is 1.53. The zero-order valence-corrected chi connectivity index (χ0v) is 11.6. The molecule has 0 aromatic rings. The fourth-order valence-electron chi connectivity index (χ4n) is 3.72. The molecule has 0 spiro atoms. The van der Waals surface area contributed by atoms with Crippen molar-refractivity contribution < 1.29 is 0 Å². The van der Waals surface area contributed by atoms with E-state index >= 15 is 0 Å². The number of piperidine rings is 2. The maximum absolute atomic E-state index is 6.15. The van der Waals surface area contributed by atoms with E-state index in [0.29, 0.717) is 0 Å². The van der Waals surface area contributed by atoms with E-state index < -0.39 is 0 Å². The Bertz CT molecular complexity index is 244. The highest BCUT2D eigenvalue weighted by molar-refractivity contribution is 4.98. The first-order chi connectivity index (χ1) is 8.20. The van der Waals surface area contributed by atoms with Crippen molar-refractivity contribution in [2.75, 3.05) is 39.8 Å². The van der Waals surface area contributed by atoms with Crippen LogP contribution < -0.4 is 5.73 Å². The summed E-state index contributed by atoms with van der Waals surface area (Å²) in [6.45, 7) is 8.11. The van der Waals surface area contributed by atoms with Gasteiger partial charge in [0, 0.05) is 25.2 Å². The average Bonchev–Trinajstić information content (AvgIpc) is 2.38. The lowest BCUT2D eigenvalue weighted by Gasteiger charge is -2.51. The molecule has 2 saturated heterocycles. The lowest BCUT2D eigenvalue weighted by atomic mass is 9.83. The van der Waals surface area contributed by atoms with Crippen LogP contribution in [0.5, 0.6) is 0 Å². The second-order valence-electron chi connectivity index (χ2n) is 6.13. The van der Waals surface area contributed by atoms with Crippen LogP contribution in [0.4, 0.5) is 0 Å². The minimum absolute atomic E-state index is 0.279. The second kappa shape index (κ2) is 5.68. The van der Waals surface area contributed by atoms with Crippen LogP contribution in [0.3, 0.4) is 0 Å². The number of rotatable bonds is 3. The maximum atomic E-state index is 6.15. The van der Waals surface area contributed by atoms with Crippen LogP contribution in [0.2, 0.25) is 0 Å². The van der Waals surface area contributed by atoms with Gasteiger partial charge < -0.3 is 10.6 Å². The van der Waals surface area contributed by atoms with Crippen molar-refractivity contribution >= 4 is 0 Å². The van der Waals surface area contributed by atoms with Crippen molar-refractivity contribution in [2.24, 2.45) is 11.7 Å². The standard InChI is InChI=1S/C14H29N3/c1-3-13-6-4-9-17(10-13)14(11-15)7-5-8-16(2)12-14/h13H,3-12,15H2,1-2H3. The van der Waals surface area contributed by atoms with Crippen LogP contribution in [0.1, 0.15) is 39.0 Å². The summed E-state index contributed by atoms with van der Waals surface area (Å²) in [6, 6.07) is 0. The van der Waals surface area contributed by atoms with Gasteiger partial charge in [-0.05, 0) is 51.7 Å². The van der Waals surface area contributed by atoms with Crippen molar-refractivity contribution in [1.29, 1.82) is 0 Å². The predicted molar refractivity (Wildman–Crippen MR) is 73.1 cm³/mol. The van der Waals surface area contributed by atoms with E-state index in [2.05, 4.69) is 23.8 Å². The minimum atomic E-state index is 0.279. The molecule has 0 bridgehead atoms. The Balaban J connectivity index is 2.05. The topological polar surface area (TPSA) is 32.5 Å². The minimum Gasteiger partial charge on any atom is -0.329 e. The van der Waals surface area contributed by atoms with Gasteiger partial charge in [0.15, 0.2) is 0 Å². The molecule has 0 aromatic carbocycles. The second-order valence-corrected chi connectivity index (χ2v) is 6.13. The first-order valence-electron chi connectivity index (χ1n) is 7.34. The highest BCUT2D eigenvalue weighted by Crippen LogP contribution is 2.31. The Hall–Kier alpha value is -0.120. The molecule has 2 atom stereocenters. The fraction of sp³-hybridized carbons (Fsp3) is 1.00. The van der Waals surface area contributed by atoms with Gasteiger partial charge in [-0.15, -0.1) is 0 Å². The summed E-state index contributed by atoms with van der Waals surface area (Å²) in [5.74, 6) is 0.902. The molecule has 0 amide bonds. The number of hydrogen-bond acceptors (Lipinski definition) is 3. The molecule has 17 heavy (non-hydrogen) atoms. The van der Waals surface area contributed by atoms with Gasteiger partial charge in [0.25, 0.3) is 0 Å². The molecule has 100 valence electrons. The Morgan fingerprint density at radius 3 is 2.76 bits per heavy atom. The molecular formula is C14H29N3. The fourth-order valence-corrected chi connectivity index (χ4v) is 3.72. The molecule has 2 rings (SSSR count). The van der Waals surface area contributed by atoms with Crippen molar-refractivity contribution in [3.63, 3.8) is 0 Å². The monoisotopic (exact) mass is 239 g/mol. The summed E-state index contributed by atoms with van der Waals surface area (Å²) in [5, 5.41) is 0. The lowest BCUT2D eigenvalue weighted by Crippen LogP contribution is -2.63. The van der Waals surface area contributed by atoms with Crippen LogP contribution in [0, 0.1) is 5.92 Å². The van der Waals surface area contributed by atoms with Gasteiger partial charge in [0.1, 0.15) is 0 Å². The number of nitrogens with two attached hydrogens (primary N) is 1. The van der Waals surface area contributed by atoms with E-state index in [0.717, 1.165) is 12.5 Å². The van der Waals surface area contributed by atoms with E-state index in [-0.39, 0.29) is 5.54 Å². The summed E-state index contributed by atoms with van der Waals surface area (Å²) in [4.78, 5) is 5.19. The summed E-state index contributed by atoms with van der Waals surface area (Å²) >= 11 is 0. The third kappa shape index (κ3) is 2.83. The number of likely N-dealkylation sites (N-methyl/N-ethyl adjacent to an activating group) is 1. The zero-order chi connectivity index (χ0) is 12.3. The van der Waals surface area contributed by atoms with E-state index in [4.69, 9.17) is 5.73 Å². The normalized spacial score (nSPS) is 37.2. The highest BCUT2D eigenvalue weighted by Gasteiger charge is 2.40. The third-order valence-electron chi connectivity index (χ3n) is 4.89. The quantitative estimate of drug-likeness (QED) is 0.811. The lowest BCUT2D eigenvalue weighted by molar-refractivity contribution is -0.00262. The highest BCUT2D eigenvalue weighted by atomic mass is 15.3. The summed E-state index contributed by atoms with van der Waals surface area (Å²) < 4.78 is 0. The van der Waals surface area contributed by atoms with Crippen molar-refractivity contribution in [3.05, 3.63) is 0 Å². The van der Waals surface area contributed by atoms with Crippen molar-refractivity contribution in [1.82, 2.24) is 9.80 Å². The van der Waals surface area contributed by atoms with Crippen LogP contribution >= 0.6 is 0 Å². The largest absolute Gasteiger partial charge is 0.329 e. The molecule has 0 aromatic heterocycles. The molecular weight excluding hydrogens is 210 g/mol. The molecule has 0 saturated carbocycles. The number of likely N-dealkylation sites (tertiary alicyclic amines) is 2. The van der Waals surface area contributed by atoms with Gasteiger partial charge in [-0.1, -0.05) is 13.3 Å². The maximum Gasteiger partial charge on any atom is 0.0458 e.